The summed E-state index contributed by atoms with van der Waals surface area (Å²) in [7, 11) is 1.60. The molecular weight excluding hydrogens is 327 g/mol. The Morgan fingerprint density at radius 3 is 2.42 bits per heavy atom. The minimum Gasteiger partial charge on any atom is -0.352 e. The molecule has 1 aromatic heterocycles. The van der Waals surface area contributed by atoms with Crippen LogP contribution in [0, 0.1) is 5.92 Å². The third-order valence-electron chi connectivity index (χ3n) is 4.01. The van der Waals surface area contributed by atoms with Crippen LogP contribution in [0.2, 0.25) is 0 Å². The summed E-state index contributed by atoms with van der Waals surface area (Å²) >= 11 is 0. The minimum atomic E-state index is -4.88. The molecule has 0 aliphatic carbocycles. The Hall–Kier alpha value is -2.32. The molecule has 0 spiro atoms. The van der Waals surface area contributed by atoms with Gasteiger partial charge >= 0.3 is 12.1 Å². The van der Waals surface area contributed by atoms with Crippen LogP contribution in [0.3, 0.4) is 0 Å². The second-order valence-electron chi connectivity index (χ2n) is 5.77. The lowest BCUT2D eigenvalue weighted by atomic mass is 9.95. The van der Waals surface area contributed by atoms with Crippen LogP contribution in [0.4, 0.5) is 13.2 Å². The van der Waals surface area contributed by atoms with E-state index >= 15 is 0 Å². The number of hydrogen-bond acceptors (Lipinski definition) is 3. The van der Waals surface area contributed by atoms with Crippen molar-refractivity contribution in [2.24, 2.45) is 13.0 Å². The maximum absolute atomic E-state index is 12.4. The molecule has 1 aliphatic rings. The van der Waals surface area contributed by atoms with Gasteiger partial charge < -0.3 is 14.8 Å². The number of rotatable bonds is 3. The number of aryl methyl sites for hydroxylation is 1. The molecule has 2 amide bonds. The van der Waals surface area contributed by atoms with Gasteiger partial charge in [-0.1, -0.05) is 6.07 Å². The van der Waals surface area contributed by atoms with Crippen molar-refractivity contribution >= 4 is 11.8 Å². The van der Waals surface area contributed by atoms with Crippen molar-refractivity contribution in [3.63, 3.8) is 0 Å². The average Bonchev–Trinajstić information content (AvgIpc) is 2.54. The fourth-order valence-electron chi connectivity index (χ4n) is 2.61. The van der Waals surface area contributed by atoms with Crippen LogP contribution in [0.15, 0.2) is 23.1 Å². The Morgan fingerprint density at radius 1 is 1.25 bits per heavy atom. The van der Waals surface area contributed by atoms with Gasteiger partial charge in [0.1, 0.15) is 0 Å². The molecule has 1 aliphatic heterocycles. The van der Waals surface area contributed by atoms with Crippen LogP contribution in [-0.4, -0.2) is 40.5 Å². The van der Waals surface area contributed by atoms with Crippen LogP contribution in [0.5, 0.6) is 0 Å². The predicted octanol–water partition coefficient (Wildman–Crippen LogP) is 0.802. The molecule has 24 heavy (non-hydrogen) atoms. The van der Waals surface area contributed by atoms with Gasteiger partial charge in [0.15, 0.2) is 0 Å². The zero-order valence-electron chi connectivity index (χ0n) is 13.1. The third kappa shape index (κ3) is 4.36. The molecule has 1 N–H and O–H groups in total. The van der Waals surface area contributed by atoms with E-state index in [1.54, 1.807) is 19.3 Å². The number of likely N-dealkylation sites (tertiary alicyclic amines) is 1. The Morgan fingerprint density at radius 2 is 1.88 bits per heavy atom. The van der Waals surface area contributed by atoms with E-state index < -0.39 is 18.0 Å². The highest BCUT2D eigenvalue weighted by Crippen LogP contribution is 2.24. The van der Waals surface area contributed by atoms with E-state index in [1.807, 2.05) is 0 Å². The normalized spacial score (nSPS) is 16.1. The van der Waals surface area contributed by atoms with Crippen LogP contribution < -0.4 is 10.9 Å². The molecular formula is C15H18F3N3O3. The van der Waals surface area contributed by atoms with E-state index in [1.165, 1.54) is 10.6 Å². The van der Waals surface area contributed by atoms with Gasteiger partial charge in [-0.25, -0.2) is 0 Å². The van der Waals surface area contributed by atoms with Gasteiger partial charge in [0.05, 0.1) is 0 Å². The largest absolute Gasteiger partial charge is 0.471 e. The van der Waals surface area contributed by atoms with Gasteiger partial charge in [0.25, 0.3) is 0 Å². The molecule has 6 nitrogen and oxygen atoms in total. The van der Waals surface area contributed by atoms with E-state index in [2.05, 4.69) is 5.32 Å². The highest BCUT2D eigenvalue weighted by Gasteiger charge is 2.43. The second-order valence-corrected chi connectivity index (χ2v) is 5.77. The topological polar surface area (TPSA) is 71.4 Å². The van der Waals surface area contributed by atoms with Crippen LogP contribution >= 0.6 is 0 Å². The van der Waals surface area contributed by atoms with Gasteiger partial charge in [-0.15, -0.1) is 0 Å². The number of nitrogens with one attached hydrogen (secondary N) is 1. The zero-order chi connectivity index (χ0) is 17.9. The smallest absolute Gasteiger partial charge is 0.352 e. The SMILES string of the molecule is Cn1cc(CNC(=O)C2CCN(C(=O)C(F)(F)F)CC2)ccc1=O. The van der Waals surface area contributed by atoms with E-state index in [0.29, 0.717) is 0 Å². The Labute approximate surface area is 136 Å². The van der Waals surface area contributed by atoms with Crippen LogP contribution in [-0.2, 0) is 23.2 Å². The summed E-state index contributed by atoms with van der Waals surface area (Å²) in [6, 6.07) is 3.00. The summed E-state index contributed by atoms with van der Waals surface area (Å²) in [5.74, 6) is -2.54. The highest BCUT2D eigenvalue weighted by molar-refractivity contribution is 5.83. The summed E-state index contributed by atoms with van der Waals surface area (Å²) < 4.78 is 38.5. The summed E-state index contributed by atoms with van der Waals surface area (Å²) in [5.41, 5.74) is 0.585. The molecule has 0 atom stereocenters. The van der Waals surface area contributed by atoms with Gasteiger partial charge in [-0.3, -0.25) is 14.4 Å². The average molecular weight is 345 g/mol. The molecule has 9 heteroatoms. The number of carbonyl (C=O) groups excluding carboxylic acids is 2. The van der Waals surface area contributed by atoms with Crippen molar-refractivity contribution in [2.75, 3.05) is 13.1 Å². The van der Waals surface area contributed by atoms with E-state index in [4.69, 9.17) is 0 Å². The molecule has 0 unspecified atom stereocenters. The molecule has 0 radical (unpaired) electrons. The van der Waals surface area contributed by atoms with Crippen molar-refractivity contribution in [3.8, 4) is 0 Å². The van der Waals surface area contributed by atoms with Gasteiger partial charge in [0, 0.05) is 44.9 Å². The summed E-state index contributed by atoms with van der Waals surface area (Å²) in [6.07, 6.45) is -2.88. The Balaban J connectivity index is 1.83. The first kappa shape index (κ1) is 18.0. The van der Waals surface area contributed by atoms with Gasteiger partial charge in [-0.05, 0) is 18.4 Å². The fourth-order valence-corrected chi connectivity index (χ4v) is 2.61. The van der Waals surface area contributed by atoms with Crippen molar-refractivity contribution in [2.45, 2.75) is 25.6 Å². The molecule has 2 rings (SSSR count). The van der Waals surface area contributed by atoms with E-state index in [0.717, 1.165) is 10.5 Å². The summed E-state index contributed by atoms with van der Waals surface area (Å²) in [5, 5.41) is 2.71. The number of hydrogen-bond donors (Lipinski definition) is 1. The maximum atomic E-state index is 12.4. The number of pyridine rings is 1. The fraction of sp³-hybridized carbons (Fsp3) is 0.533. The van der Waals surface area contributed by atoms with Crippen molar-refractivity contribution in [3.05, 3.63) is 34.2 Å². The molecule has 2 heterocycles. The second kappa shape index (κ2) is 7.06. The first-order valence-corrected chi connectivity index (χ1v) is 7.48. The lowest BCUT2D eigenvalue weighted by molar-refractivity contribution is -0.186. The summed E-state index contributed by atoms with van der Waals surface area (Å²) in [4.78, 5) is 35.2. The number of amides is 2. The number of alkyl halides is 3. The Bertz CT molecular complexity index is 677. The van der Waals surface area contributed by atoms with Crippen molar-refractivity contribution in [1.82, 2.24) is 14.8 Å². The molecule has 132 valence electrons. The zero-order valence-corrected chi connectivity index (χ0v) is 13.1. The highest BCUT2D eigenvalue weighted by atomic mass is 19.4. The number of aromatic nitrogens is 1. The number of piperidine rings is 1. The lowest BCUT2D eigenvalue weighted by Crippen LogP contribution is -2.47. The number of nitrogens with zero attached hydrogens (tertiary/aromatic N) is 2. The minimum absolute atomic E-state index is 0.0870. The third-order valence-corrected chi connectivity index (χ3v) is 4.01. The first-order chi connectivity index (χ1) is 11.2. The van der Waals surface area contributed by atoms with Crippen molar-refractivity contribution in [1.29, 1.82) is 0 Å². The number of carbonyl (C=O) groups is 2. The summed E-state index contributed by atoms with van der Waals surface area (Å²) in [6.45, 7) is 0.0567. The first-order valence-electron chi connectivity index (χ1n) is 7.48. The molecule has 1 aromatic rings. The quantitative estimate of drug-likeness (QED) is 0.881. The lowest BCUT2D eigenvalue weighted by Gasteiger charge is -2.31. The molecule has 0 saturated carbocycles. The Kier molecular flexibility index (Phi) is 5.30. The van der Waals surface area contributed by atoms with E-state index in [-0.39, 0.29) is 43.9 Å². The number of halogens is 3. The molecule has 0 aromatic carbocycles. The molecule has 1 saturated heterocycles. The van der Waals surface area contributed by atoms with Crippen LogP contribution in [0.1, 0.15) is 18.4 Å². The molecule has 0 bridgehead atoms. The molecule has 1 fully saturated rings. The standard InChI is InChI=1S/C15H18F3N3O3/c1-20-9-10(2-3-12(20)22)8-19-13(23)11-4-6-21(7-5-11)14(24)15(16,17)18/h2-3,9,11H,4-8H2,1H3,(H,19,23). The van der Waals surface area contributed by atoms with Gasteiger partial charge in [-0.2, -0.15) is 13.2 Å². The monoisotopic (exact) mass is 345 g/mol. The van der Waals surface area contributed by atoms with Crippen molar-refractivity contribution < 1.29 is 22.8 Å². The predicted molar refractivity (Wildman–Crippen MR) is 78.9 cm³/mol. The van der Waals surface area contributed by atoms with E-state index in [9.17, 15) is 27.6 Å². The van der Waals surface area contributed by atoms with Gasteiger partial charge in [0.2, 0.25) is 11.5 Å². The maximum Gasteiger partial charge on any atom is 0.471 e. The van der Waals surface area contributed by atoms with Crippen LogP contribution in [0.25, 0.3) is 0 Å².